The molecular formula is C16H18FN5O3S. The lowest BCUT2D eigenvalue weighted by molar-refractivity contribution is -0.384. The Hall–Kier alpha value is -2.49. The highest BCUT2D eigenvalue weighted by Crippen LogP contribution is 2.27. The quantitative estimate of drug-likeness (QED) is 0.433. The van der Waals surface area contributed by atoms with Gasteiger partial charge in [0.15, 0.2) is 0 Å². The number of carbonyl (C=O) groups is 1. The van der Waals surface area contributed by atoms with E-state index in [1.54, 1.807) is 0 Å². The number of anilines is 1. The summed E-state index contributed by atoms with van der Waals surface area (Å²) in [5.41, 5.74) is -0.512. The Morgan fingerprint density at radius 3 is 2.92 bits per heavy atom. The van der Waals surface area contributed by atoms with E-state index in [1.165, 1.54) is 25.7 Å². The number of benzene rings is 1. The molecular weight excluding hydrogens is 361 g/mol. The largest absolute Gasteiger partial charge is 0.323 e. The summed E-state index contributed by atoms with van der Waals surface area (Å²) in [6.07, 6.45) is 5.79. The van der Waals surface area contributed by atoms with Gasteiger partial charge in [0.05, 0.1) is 16.4 Å². The Morgan fingerprint density at radius 2 is 2.19 bits per heavy atom. The molecule has 1 aliphatic carbocycles. The fourth-order valence-corrected chi connectivity index (χ4v) is 3.58. The molecule has 26 heavy (non-hydrogen) atoms. The van der Waals surface area contributed by atoms with Crippen LogP contribution in [-0.2, 0) is 11.2 Å². The third kappa shape index (κ3) is 4.78. The molecule has 2 aromatic rings. The van der Waals surface area contributed by atoms with E-state index >= 15 is 0 Å². The molecule has 1 aliphatic rings. The van der Waals surface area contributed by atoms with Gasteiger partial charge < -0.3 is 5.32 Å². The summed E-state index contributed by atoms with van der Waals surface area (Å²) in [6.45, 7) is 0. The van der Waals surface area contributed by atoms with Crippen molar-refractivity contribution in [2.75, 3.05) is 11.1 Å². The minimum absolute atomic E-state index is 0.0249. The van der Waals surface area contributed by atoms with Gasteiger partial charge in [0.25, 0.3) is 5.69 Å². The van der Waals surface area contributed by atoms with Crippen molar-refractivity contribution in [2.45, 2.75) is 37.3 Å². The molecule has 1 saturated carbocycles. The van der Waals surface area contributed by atoms with E-state index < -0.39 is 16.6 Å². The van der Waals surface area contributed by atoms with Crippen LogP contribution in [0.15, 0.2) is 23.4 Å². The molecule has 10 heteroatoms. The second kappa shape index (κ2) is 8.26. The number of aromatic amines is 1. The highest BCUT2D eigenvalue weighted by Gasteiger charge is 2.18. The van der Waals surface area contributed by atoms with Gasteiger partial charge in [-0.25, -0.2) is 9.37 Å². The zero-order valence-electron chi connectivity index (χ0n) is 13.9. The van der Waals surface area contributed by atoms with Crippen molar-refractivity contribution >= 4 is 29.0 Å². The van der Waals surface area contributed by atoms with E-state index in [0.29, 0.717) is 11.1 Å². The third-order valence-electron chi connectivity index (χ3n) is 4.24. The monoisotopic (exact) mass is 379 g/mol. The fraction of sp³-hybridized carbons (Fsp3) is 0.438. The Kier molecular flexibility index (Phi) is 5.82. The summed E-state index contributed by atoms with van der Waals surface area (Å²) in [6, 6.07) is 2.98. The number of nitrogens with zero attached hydrogens (tertiary/aromatic N) is 3. The smallest absolute Gasteiger partial charge is 0.271 e. The topological polar surface area (TPSA) is 114 Å². The molecule has 1 aromatic carbocycles. The Morgan fingerprint density at radius 1 is 1.42 bits per heavy atom. The van der Waals surface area contributed by atoms with Gasteiger partial charge in [-0.3, -0.25) is 20.0 Å². The van der Waals surface area contributed by atoms with Crippen LogP contribution in [0, 0.1) is 21.8 Å². The van der Waals surface area contributed by atoms with Crippen molar-refractivity contribution in [3.63, 3.8) is 0 Å². The number of H-pyrrole nitrogens is 1. The van der Waals surface area contributed by atoms with E-state index in [2.05, 4.69) is 20.5 Å². The summed E-state index contributed by atoms with van der Waals surface area (Å²) in [7, 11) is 0. The number of thioether (sulfide) groups is 1. The number of amides is 1. The van der Waals surface area contributed by atoms with Gasteiger partial charge in [-0.05, 0) is 12.0 Å². The van der Waals surface area contributed by atoms with Crippen LogP contribution in [0.2, 0.25) is 0 Å². The lowest BCUT2D eigenvalue weighted by Gasteiger charge is -2.05. The average Bonchev–Trinajstić information content (AvgIpc) is 3.27. The van der Waals surface area contributed by atoms with Gasteiger partial charge in [0, 0.05) is 18.6 Å². The number of hydrogen-bond acceptors (Lipinski definition) is 6. The zero-order valence-corrected chi connectivity index (χ0v) is 14.7. The Balaban J connectivity index is 1.52. The molecule has 0 saturated heterocycles. The molecule has 0 atom stereocenters. The SMILES string of the molecule is O=C(CSc1n[nH]c(CC2CCCC2)n1)Nc1cc([N+](=O)[O-])ccc1F. The van der Waals surface area contributed by atoms with Crippen LogP contribution in [-0.4, -0.2) is 31.8 Å². The normalized spacial score (nSPS) is 14.5. The summed E-state index contributed by atoms with van der Waals surface area (Å²) in [4.78, 5) is 26.4. The number of nitrogens with one attached hydrogen (secondary N) is 2. The third-order valence-corrected chi connectivity index (χ3v) is 5.08. The standard InChI is InChI=1S/C16H18FN5O3S/c17-12-6-5-11(22(24)25)8-13(12)18-15(23)9-26-16-19-14(20-21-16)7-10-3-1-2-4-10/h5-6,8,10H,1-4,7,9H2,(H,18,23)(H,19,20,21). The highest BCUT2D eigenvalue weighted by atomic mass is 32.2. The van der Waals surface area contributed by atoms with Crippen LogP contribution in [0.25, 0.3) is 0 Å². The first-order valence-corrected chi connectivity index (χ1v) is 9.27. The number of halogens is 1. The molecule has 0 spiro atoms. The summed E-state index contributed by atoms with van der Waals surface area (Å²) in [5, 5.41) is 20.5. The van der Waals surface area contributed by atoms with Gasteiger partial charge in [-0.1, -0.05) is 37.4 Å². The predicted octanol–water partition coefficient (Wildman–Crippen LogP) is 3.32. The molecule has 0 bridgehead atoms. The first-order valence-electron chi connectivity index (χ1n) is 8.29. The van der Waals surface area contributed by atoms with Crippen LogP contribution in [0.4, 0.5) is 15.8 Å². The summed E-state index contributed by atoms with van der Waals surface area (Å²) in [5.74, 6) is 0.204. The van der Waals surface area contributed by atoms with Crippen LogP contribution in [0.3, 0.4) is 0 Å². The molecule has 1 fully saturated rings. The van der Waals surface area contributed by atoms with Crippen LogP contribution in [0.5, 0.6) is 0 Å². The first kappa shape index (κ1) is 18.3. The van der Waals surface area contributed by atoms with Crippen molar-refractivity contribution in [2.24, 2.45) is 5.92 Å². The second-order valence-electron chi connectivity index (χ2n) is 6.18. The van der Waals surface area contributed by atoms with Gasteiger partial charge in [-0.15, -0.1) is 5.10 Å². The lowest BCUT2D eigenvalue weighted by Crippen LogP contribution is -2.15. The average molecular weight is 379 g/mol. The second-order valence-corrected chi connectivity index (χ2v) is 7.12. The maximum Gasteiger partial charge on any atom is 0.271 e. The minimum Gasteiger partial charge on any atom is -0.323 e. The van der Waals surface area contributed by atoms with Crippen molar-refractivity contribution in [1.29, 1.82) is 0 Å². The predicted molar refractivity (Wildman–Crippen MR) is 94.5 cm³/mol. The molecule has 0 radical (unpaired) electrons. The number of non-ortho nitro benzene ring substituents is 1. The van der Waals surface area contributed by atoms with E-state index in [0.717, 1.165) is 42.2 Å². The zero-order chi connectivity index (χ0) is 18.5. The number of carbonyl (C=O) groups excluding carboxylic acids is 1. The van der Waals surface area contributed by atoms with Crippen molar-refractivity contribution in [1.82, 2.24) is 15.2 Å². The molecule has 2 N–H and O–H groups in total. The molecule has 1 heterocycles. The minimum atomic E-state index is -0.731. The van der Waals surface area contributed by atoms with Gasteiger partial charge in [-0.2, -0.15) is 0 Å². The number of aromatic nitrogens is 3. The van der Waals surface area contributed by atoms with Crippen LogP contribution < -0.4 is 5.32 Å². The Labute approximate surface area is 153 Å². The summed E-state index contributed by atoms with van der Waals surface area (Å²) < 4.78 is 13.7. The number of rotatable bonds is 7. The molecule has 1 amide bonds. The van der Waals surface area contributed by atoms with Crippen LogP contribution >= 0.6 is 11.8 Å². The number of nitro groups is 1. The molecule has 8 nitrogen and oxygen atoms in total. The van der Waals surface area contributed by atoms with Crippen molar-refractivity contribution in [3.8, 4) is 0 Å². The van der Waals surface area contributed by atoms with E-state index in [4.69, 9.17) is 0 Å². The maximum absolute atomic E-state index is 13.7. The van der Waals surface area contributed by atoms with Crippen molar-refractivity contribution in [3.05, 3.63) is 40.0 Å². The van der Waals surface area contributed by atoms with Gasteiger partial charge in [0.1, 0.15) is 11.6 Å². The molecule has 0 aliphatic heterocycles. The van der Waals surface area contributed by atoms with Crippen LogP contribution in [0.1, 0.15) is 31.5 Å². The van der Waals surface area contributed by atoms with Gasteiger partial charge >= 0.3 is 0 Å². The maximum atomic E-state index is 13.7. The first-order chi connectivity index (χ1) is 12.5. The van der Waals surface area contributed by atoms with E-state index in [-0.39, 0.29) is 17.1 Å². The van der Waals surface area contributed by atoms with Gasteiger partial charge in [0.2, 0.25) is 11.1 Å². The molecule has 1 aromatic heterocycles. The highest BCUT2D eigenvalue weighted by molar-refractivity contribution is 7.99. The summed E-state index contributed by atoms with van der Waals surface area (Å²) >= 11 is 1.12. The number of hydrogen-bond donors (Lipinski definition) is 2. The van der Waals surface area contributed by atoms with E-state index in [1.807, 2.05) is 0 Å². The molecule has 0 unspecified atom stereocenters. The fourth-order valence-electron chi connectivity index (χ4n) is 2.96. The Bertz CT molecular complexity index is 807. The molecule has 138 valence electrons. The number of nitro benzene ring substituents is 1. The molecule has 3 rings (SSSR count). The lowest BCUT2D eigenvalue weighted by atomic mass is 10.0. The van der Waals surface area contributed by atoms with Crippen molar-refractivity contribution < 1.29 is 14.1 Å². The van der Waals surface area contributed by atoms with E-state index in [9.17, 15) is 19.3 Å².